The number of hydrogen-bond acceptors (Lipinski definition) is 4. The molecule has 0 aliphatic rings. The summed E-state index contributed by atoms with van der Waals surface area (Å²) < 4.78 is 10.1. The lowest BCUT2D eigenvalue weighted by Gasteiger charge is -2.12. The third kappa shape index (κ3) is 4.09. The molecule has 0 unspecified atom stereocenters. The number of hydrogen-bond donors (Lipinski definition) is 1. The van der Waals surface area contributed by atoms with Crippen molar-refractivity contribution in [3.05, 3.63) is 54.1 Å². The summed E-state index contributed by atoms with van der Waals surface area (Å²) in [6.45, 7) is 2.16. The second-order valence-corrected chi connectivity index (χ2v) is 4.97. The second kappa shape index (κ2) is 7.61. The van der Waals surface area contributed by atoms with E-state index in [1.165, 1.54) is 0 Å². The fourth-order valence-electron chi connectivity index (χ4n) is 2.22. The molecule has 4 heteroatoms. The monoisotopic (exact) mass is 299 g/mol. The maximum Gasteiger partial charge on any atom is 0.307 e. The lowest BCUT2D eigenvalue weighted by molar-refractivity contribution is -0.143. The van der Waals surface area contributed by atoms with Crippen LogP contribution in [-0.2, 0) is 9.53 Å². The van der Waals surface area contributed by atoms with Crippen LogP contribution in [0.4, 0.5) is 0 Å². The molecule has 0 bridgehead atoms. The third-order valence-electron chi connectivity index (χ3n) is 3.45. The molecule has 0 fully saturated rings. The summed E-state index contributed by atoms with van der Waals surface area (Å²) >= 11 is 0. The summed E-state index contributed by atoms with van der Waals surface area (Å²) in [5.41, 5.74) is 9.15. The van der Waals surface area contributed by atoms with Crippen molar-refractivity contribution < 1.29 is 14.3 Å². The van der Waals surface area contributed by atoms with E-state index in [1.807, 2.05) is 48.5 Å². The molecule has 0 heterocycles. The molecule has 2 aromatic rings. The van der Waals surface area contributed by atoms with E-state index >= 15 is 0 Å². The van der Waals surface area contributed by atoms with E-state index in [9.17, 15) is 4.79 Å². The topological polar surface area (TPSA) is 61.5 Å². The van der Waals surface area contributed by atoms with E-state index in [0.29, 0.717) is 6.61 Å². The average molecular weight is 299 g/mol. The first kappa shape index (κ1) is 16.0. The van der Waals surface area contributed by atoms with Crippen LogP contribution in [0.2, 0.25) is 0 Å². The van der Waals surface area contributed by atoms with Crippen molar-refractivity contribution in [1.82, 2.24) is 0 Å². The largest absolute Gasteiger partial charge is 0.497 e. The first-order chi connectivity index (χ1) is 10.6. The van der Waals surface area contributed by atoms with Gasteiger partial charge in [0.1, 0.15) is 5.75 Å². The molecule has 0 aliphatic carbocycles. The lowest BCUT2D eigenvalue weighted by Crippen LogP contribution is -2.17. The molecule has 0 saturated heterocycles. The average Bonchev–Trinajstić information content (AvgIpc) is 2.55. The zero-order valence-corrected chi connectivity index (χ0v) is 12.9. The Morgan fingerprint density at radius 3 is 2.09 bits per heavy atom. The fourth-order valence-corrected chi connectivity index (χ4v) is 2.22. The Morgan fingerprint density at radius 1 is 1.05 bits per heavy atom. The second-order valence-electron chi connectivity index (χ2n) is 4.97. The van der Waals surface area contributed by atoms with E-state index in [1.54, 1.807) is 14.0 Å². The maximum atomic E-state index is 11.5. The summed E-state index contributed by atoms with van der Waals surface area (Å²) in [5.74, 6) is 0.561. The van der Waals surface area contributed by atoms with E-state index in [2.05, 4.69) is 0 Å². The Labute approximate surface area is 130 Å². The number of carbonyl (C=O) groups is 1. The lowest BCUT2D eigenvalue weighted by atomic mass is 9.99. The van der Waals surface area contributed by atoms with Crippen LogP contribution >= 0.6 is 0 Å². The molecule has 1 atom stereocenters. The van der Waals surface area contributed by atoms with Crippen LogP contribution in [0.25, 0.3) is 11.1 Å². The predicted octanol–water partition coefficient (Wildman–Crippen LogP) is 3.32. The van der Waals surface area contributed by atoms with Gasteiger partial charge in [0.05, 0.1) is 20.1 Å². The van der Waals surface area contributed by atoms with Gasteiger partial charge in [0.25, 0.3) is 0 Å². The first-order valence-corrected chi connectivity index (χ1v) is 7.29. The van der Waals surface area contributed by atoms with Crippen molar-refractivity contribution in [2.24, 2.45) is 5.73 Å². The Kier molecular flexibility index (Phi) is 5.55. The quantitative estimate of drug-likeness (QED) is 0.831. The van der Waals surface area contributed by atoms with E-state index in [4.69, 9.17) is 15.2 Å². The van der Waals surface area contributed by atoms with Gasteiger partial charge in [0.15, 0.2) is 0 Å². The minimum absolute atomic E-state index is 0.190. The number of benzene rings is 2. The van der Waals surface area contributed by atoms with Gasteiger partial charge in [-0.05, 0) is 35.7 Å². The van der Waals surface area contributed by atoms with Crippen molar-refractivity contribution in [3.8, 4) is 16.9 Å². The molecule has 0 spiro atoms. The molecule has 2 aromatic carbocycles. The molecule has 22 heavy (non-hydrogen) atoms. The highest BCUT2D eigenvalue weighted by Gasteiger charge is 2.12. The van der Waals surface area contributed by atoms with Crippen molar-refractivity contribution >= 4 is 5.97 Å². The molecule has 2 N–H and O–H groups in total. The number of carbonyl (C=O) groups excluding carboxylic acids is 1. The fraction of sp³-hybridized carbons (Fsp3) is 0.278. The predicted molar refractivity (Wildman–Crippen MR) is 86.6 cm³/mol. The Hall–Kier alpha value is -2.33. The normalized spacial score (nSPS) is 11.8. The summed E-state index contributed by atoms with van der Waals surface area (Å²) in [7, 11) is 1.65. The smallest absolute Gasteiger partial charge is 0.307 e. The van der Waals surface area contributed by atoms with Gasteiger partial charge in [-0.15, -0.1) is 0 Å². The van der Waals surface area contributed by atoms with Gasteiger partial charge >= 0.3 is 5.97 Å². The first-order valence-electron chi connectivity index (χ1n) is 7.29. The van der Waals surface area contributed by atoms with Crippen LogP contribution in [-0.4, -0.2) is 19.7 Å². The standard InChI is InChI=1S/C18H21NO3/c1-3-22-18(20)12-17(19)15-6-4-13(5-7-15)14-8-10-16(21-2)11-9-14/h4-11,17H,3,12,19H2,1-2H3/t17-/m0/s1. The van der Waals surface area contributed by atoms with Crippen LogP contribution in [0.15, 0.2) is 48.5 Å². The molecular weight excluding hydrogens is 278 g/mol. The summed E-state index contributed by atoms with van der Waals surface area (Å²) in [4.78, 5) is 11.5. The summed E-state index contributed by atoms with van der Waals surface area (Å²) in [5, 5.41) is 0. The van der Waals surface area contributed by atoms with Gasteiger partial charge in [-0.2, -0.15) is 0 Å². The van der Waals surface area contributed by atoms with Crippen molar-refractivity contribution in [1.29, 1.82) is 0 Å². The SMILES string of the molecule is CCOC(=O)C[C@H](N)c1ccc(-c2ccc(OC)cc2)cc1. The zero-order chi connectivity index (χ0) is 15.9. The van der Waals surface area contributed by atoms with Gasteiger partial charge in [0, 0.05) is 6.04 Å². The Balaban J connectivity index is 2.07. The van der Waals surface area contributed by atoms with Gasteiger partial charge in [0.2, 0.25) is 0 Å². The molecule has 0 radical (unpaired) electrons. The number of methoxy groups -OCH3 is 1. The van der Waals surface area contributed by atoms with E-state index < -0.39 is 0 Å². The van der Waals surface area contributed by atoms with Gasteiger partial charge < -0.3 is 15.2 Å². The summed E-state index contributed by atoms with van der Waals surface area (Å²) in [6.07, 6.45) is 0.190. The number of esters is 1. The minimum Gasteiger partial charge on any atom is -0.497 e. The molecule has 0 aliphatic heterocycles. The van der Waals surface area contributed by atoms with Gasteiger partial charge in [-0.3, -0.25) is 4.79 Å². The van der Waals surface area contributed by atoms with Gasteiger partial charge in [-0.1, -0.05) is 36.4 Å². The maximum absolute atomic E-state index is 11.5. The van der Waals surface area contributed by atoms with Gasteiger partial charge in [-0.25, -0.2) is 0 Å². The van der Waals surface area contributed by atoms with Crippen LogP contribution in [0.5, 0.6) is 5.75 Å². The molecular formula is C18H21NO3. The van der Waals surface area contributed by atoms with Crippen LogP contribution in [0, 0.1) is 0 Å². The van der Waals surface area contributed by atoms with Crippen molar-refractivity contribution in [3.63, 3.8) is 0 Å². The highest BCUT2D eigenvalue weighted by molar-refractivity contribution is 5.70. The molecule has 0 saturated carbocycles. The van der Waals surface area contributed by atoms with Crippen LogP contribution < -0.4 is 10.5 Å². The van der Waals surface area contributed by atoms with E-state index in [0.717, 1.165) is 22.4 Å². The van der Waals surface area contributed by atoms with Crippen molar-refractivity contribution in [2.45, 2.75) is 19.4 Å². The Bertz CT molecular complexity index is 605. The van der Waals surface area contributed by atoms with E-state index in [-0.39, 0.29) is 18.4 Å². The molecule has 0 amide bonds. The van der Waals surface area contributed by atoms with Crippen LogP contribution in [0.1, 0.15) is 24.9 Å². The zero-order valence-electron chi connectivity index (χ0n) is 12.9. The summed E-state index contributed by atoms with van der Waals surface area (Å²) in [6, 6.07) is 15.4. The molecule has 2 rings (SSSR count). The highest BCUT2D eigenvalue weighted by Crippen LogP contribution is 2.24. The third-order valence-corrected chi connectivity index (χ3v) is 3.45. The minimum atomic E-state index is -0.344. The van der Waals surface area contributed by atoms with Crippen LogP contribution in [0.3, 0.4) is 0 Å². The Morgan fingerprint density at radius 2 is 1.59 bits per heavy atom. The molecule has 0 aromatic heterocycles. The molecule has 116 valence electrons. The number of rotatable bonds is 6. The molecule has 4 nitrogen and oxygen atoms in total. The van der Waals surface area contributed by atoms with Crippen molar-refractivity contribution in [2.75, 3.05) is 13.7 Å². The number of nitrogens with two attached hydrogens (primary N) is 1. The highest BCUT2D eigenvalue weighted by atomic mass is 16.5. The number of ether oxygens (including phenoxy) is 2.